The van der Waals surface area contributed by atoms with Crippen LogP contribution in [-0.2, 0) is 19.9 Å². The fraction of sp³-hybridized carbons (Fsp3) is 0.300. The molecule has 1 saturated heterocycles. The fourth-order valence-electron chi connectivity index (χ4n) is 3.11. The van der Waals surface area contributed by atoms with Crippen LogP contribution in [0.1, 0.15) is 29.8 Å². The van der Waals surface area contributed by atoms with E-state index in [0.717, 1.165) is 23.5 Å². The molecule has 0 bridgehead atoms. The van der Waals surface area contributed by atoms with Gasteiger partial charge in [0.05, 0.1) is 12.2 Å². The largest absolute Gasteiger partial charge is 0.573 e. The Morgan fingerprint density at radius 1 is 1.18 bits per heavy atom. The number of carbonyl (C=O) groups is 4. The summed E-state index contributed by atoms with van der Waals surface area (Å²) in [5, 5.41) is 6.69. The highest BCUT2D eigenvalue weighted by Crippen LogP contribution is 2.31. The van der Waals surface area contributed by atoms with Crippen molar-refractivity contribution < 1.29 is 41.8 Å². The van der Waals surface area contributed by atoms with E-state index in [0.29, 0.717) is 4.90 Å². The van der Waals surface area contributed by atoms with Crippen LogP contribution in [0.15, 0.2) is 35.7 Å². The van der Waals surface area contributed by atoms with Crippen LogP contribution < -0.4 is 15.4 Å². The average Bonchev–Trinajstić information content (AvgIpc) is 3.26. The number of hydrogen-bond donors (Lipinski definition) is 2. The maximum atomic E-state index is 12.9. The van der Waals surface area contributed by atoms with Crippen LogP contribution >= 0.6 is 11.3 Å². The van der Waals surface area contributed by atoms with E-state index in [1.165, 1.54) is 25.1 Å². The summed E-state index contributed by atoms with van der Waals surface area (Å²) in [5.41, 5.74) is -1.27. The first-order valence-corrected chi connectivity index (χ1v) is 10.4. The van der Waals surface area contributed by atoms with E-state index in [1.807, 2.05) is 0 Å². The molecule has 0 radical (unpaired) electrons. The molecule has 1 fully saturated rings. The number of rotatable bonds is 7. The van der Waals surface area contributed by atoms with E-state index >= 15 is 0 Å². The number of halogens is 3. The third-order valence-electron chi connectivity index (χ3n) is 4.66. The van der Waals surface area contributed by atoms with Gasteiger partial charge in [-0.3, -0.25) is 14.5 Å². The Kier molecular flexibility index (Phi) is 6.63. The lowest BCUT2D eigenvalue weighted by Gasteiger charge is -2.22. The molecule has 0 aliphatic carbocycles. The lowest BCUT2D eigenvalue weighted by molar-refractivity contribution is -0.274. The molecule has 176 valence electrons. The number of urea groups is 1. The molecule has 2 N–H and O–H groups in total. The topological polar surface area (TPSA) is 114 Å². The van der Waals surface area contributed by atoms with Crippen molar-refractivity contribution in [1.29, 1.82) is 0 Å². The van der Waals surface area contributed by atoms with E-state index in [9.17, 15) is 32.3 Å². The first-order chi connectivity index (χ1) is 15.4. The maximum absolute atomic E-state index is 12.9. The van der Waals surface area contributed by atoms with E-state index in [-0.39, 0.29) is 22.7 Å². The van der Waals surface area contributed by atoms with Gasteiger partial charge in [-0.15, -0.1) is 24.5 Å². The summed E-state index contributed by atoms with van der Waals surface area (Å²) in [7, 11) is 0. The Morgan fingerprint density at radius 3 is 2.45 bits per heavy atom. The second kappa shape index (κ2) is 9.10. The van der Waals surface area contributed by atoms with Crippen molar-refractivity contribution in [1.82, 2.24) is 10.2 Å². The average molecular weight is 485 g/mol. The van der Waals surface area contributed by atoms with Crippen LogP contribution in [0.5, 0.6) is 5.75 Å². The zero-order valence-corrected chi connectivity index (χ0v) is 18.1. The number of nitrogens with one attached hydrogen (secondary N) is 2. The SMILES string of the molecule is CCOC(=O)c1ccsc1NC(=O)CN1C(=O)N[C@](C)(c2ccc(OC(F)(F)F)cc2)C1=O. The molecule has 13 heteroatoms. The molecular weight excluding hydrogens is 467 g/mol. The predicted octanol–water partition coefficient (Wildman–Crippen LogP) is 3.23. The molecule has 2 aromatic rings. The molecule has 1 aliphatic heterocycles. The number of nitrogens with zero attached hydrogens (tertiary/aromatic N) is 1. The molecule has 1 aromatic carbocycles. The number of imide groups is 1. The number of thiophene rings is 1. The van der Waals surface area contributed by atoms with Crippen molar-refractivity contribution in [3.63, 3.8) is 0 Å². The monoisotopic (exact) mass is 485 g/mol. The molecule has 1 atom stereocenters. The summed E-state index contributed by atoms with van der Waals surface area (Å²) in [5.74, 6) is -2.63. The zero-order valence-electron chi connectivity index (χ0n) is 17.3. The van der Waals surface area contributed by atoms with Gasteiger partial charge in [0, 0.05) is 0 Å². The van der Waals surface area contributed by atoms with Gasteiger partial charge in [0.2, 0.25) is 5.91 Å². The third kappa shape index (κ3) is 5.25. The molecule has 3 rings (SSSR count). The minimum Gasteiger partial charge on any atom is -0.462 e. The summed E-state index contributed by atoms with van der Waals surface area (Å²) < 4.78 is 45.7. The zero-order chi connectivity index (χ0) is 24.4. The number of hydrogen-bond acceptors (Lipinski definition) is 7. The number of alkyl halides is 3. The van der Waals surface area contributed by atoms with Crippen LogP contribution in [0, 0.1) is 0 Å². The molecule has 1 aliphatic rings. The molecule has 4 amide bonds. The van der Waals surface area contributed by atoms with Gasteiger partial charge in [-0.05, 0) is 43.0 Å². The third-order valence-corrected chi connectivity index (χ3v) is 5.49. The predicted molar refractivity (Wildman–Crippen MR) is 110 cm³/mol. The summed E-state index contributed by atoms with van der Waals surface area (Å²) >= 11 is 1.06. The van der Waals surface area contributed by atoms with E-state index < -0.39 is 48.0 Å². The first kappa shape index (κ1) is 24.0. The van der Waals surface area contributed by atoms with E-state index in [4.69, 9.17) is 4.74 Å². The van der Waals surface area contributed by atoms with E-state index in [2.05, 4.69) is 15.4 Å². The highest BCUT2D eigenvalue weighted by atomic mass is 32.1. The first-order valence-electron chi connectivity index (χ1n) is 9.49. The summed E-state index contributed by atoms with van der Waals surface area (Å²) in [6.07, 6.45) is -4.87. The number of amides is 4. The van der Waals surface area contributed by atoms with Crippen molar-refractivity contribution in [2.45, 2.75) is 25.7 Å². The van der Waals surface area contributed by atoms with Crippen molar-refractivity contribution >= 4 is 40.2 Å². The van der Waals surface area contributed by atoms with Crippen molar-refractivity contribution in [2.75, 3.05) is 18.5 Å². The van der Waals surface area contributed by atoms with Gasteiger partial charge in [-0.2, -0.15) is 0 Å². The molecule has 0 spiro atoms. The minimum atomic E-state index is -4.87. The lowest BCUT2D eigenvalue weighted by atomic mass is 9.92. The number of anilines is 1. The number of esters is 1. The van der Waals surface area contributed by atoms with Crippen LogP contribution in [-0.4, -0.2) is 48.2 Å². The standard InChI is InChI=1S/C20H18F3N3O6S/c1-3-31-16(28)13-8-9-33-15(13)24-14(27)10-26-17(29)19(2,25-18(26)30)11-4-6-12(7-5-11)32-20(21,22)23/h4-9H,3,10H2,1-2H3,(H,24,27)(H,25,30)/t19-/m1/s1. The second-order valence-electron chi connectivity index (χ2n) is 6.95. The maximum Gasteiger partial charge on any atom is 0.573 e. The van der Waals surface area contributed by atoms with Gasteiger partial charge in [0.15, 0.2) is 0 Å². The Hall–Kier alpha value is -3.61. The van der Waals surface area contributed by atoms with Gasteiger partial charge in [-0.25, -0.2) is 9.59 Å². The number of carbonyl (C=O) groups excluding carboxylic acids is 4. The molecular formula is C20H18F3N3O6S. The van der Waals surface area contributed by atoms with Gasteiger partial charge in [0.1, 0.15) is 22.8 Å². The smallest absolute Gasteiger partial charge is 0.462 e. The molecule has 1 aromatic heterocycles. The van der Waals surface area contributed by atoms with Crippen molar-refractivity contribution in [3.8, 4) is 5.75 Å². The fourth-order valence-corrected chi connectivity index (χ4v) is 3.90. The lowest BCUT2D eigenvalue weighted by Crippen LogP contribution is -2.42. The van der Waals surface area contributed by atoms with Crippen molar-refractivity contribution in [2.24, 2.45) is 0 Å². The van der Waals surface area contributed by atoms with Gasteiger partial charge in [-0.1, -0.05) is 12.1 Å². The summed E-state index contributed by atoms with van der Waals surface area (Å²) in [4.78, 5) is 50.4. The molecule has 9 nitrogen and oxygen atoms in total. The van der Waals surface area contributed by atoms with Gasteiger partial charge < -0.3 is 20.1 Å². The highest BCUT2D eigenvalue weighted by Gasteiger charge is 2.49. The Balaban J connectivity index is 1.71. The molecule has 0 unspecified atom stereocenters. The molecule has 33 heavy (non-hydrogen) atoms. The summed E-state index contributed by atoms with van der Waals surface area (Å²) in [6, 6.07) is 5.05. The second-order valence-corrected chi connectivity index (χ2v) is 7.87. The van der Waals surface area contributed by atoms with Crippen LogP contribution in [0.25, 0.3) is 0 Å². The normalized spacial score (nSPS) is 18.2. The molecule has 2 heterocycles. The van der Waals surface area contributed by atoms with Crippen molar-refractivity contribution in [3.05, 3.63) is 46.8 Å². The van der Waals surface area contributed by atoms with Crippen LogP contribution in [0.2, 0.25) is 0 Å². The number of benzene rings is 1. The minimum absolute atomic E-state index is 0.137. The quantitative estimate of drug-likeness (QED) is 0.460. The van der Waals surface area contributed by atoms with Crippen LogP contribution in [0.4, 0.5) is 23.0 Å². The Labute approximate surface area is 189 Å². The Morgan fingerprint density at radius 2 is 1.85 bits per heavy atom. The van der Waals surface area contributed by atoms with Gasteiger partial charge in [0.25, 0.3) is 5.91 Å². The van der Waals surface area contributed by atoms with E-state index in [1.54, 1.807) is 12.3 Å². The number of ether oxygens (including phenoxy) is 2. The van der Waals surface area contributed by atoms with Crippen LogP contribution in [0.3, 0.4) is 0 Å². The summed E-state index contributed by atoms with van der Waals surface area (Å²) in [6.45, 7) is 2.50. The highest BCUT2D eigenvalue weighted by molar-refractivity contribution is 7.14. The van der Waals surface area contributed by atoms with Gasteiger partial charge >= 0.3 is 18.4 Å². The Bertz CT molecular complexity index is 1090. The molecule has 0 saturated carbocycles.